The summed E-state index contributed by atoms with van der Waals surface area (Å²) in [5.74, 6) is 0.283. The maximum absolute atomic E-state index is 8.60. The van der Waals surface area contributed by atoms with Gasteiger partial charge in [-0.25, -0.2) is 0 Å². The van der Waals surface area contributed by atoms with Crippen LogP contribution in [0.5, 0.6) is 0 Å². The van der Waals surface area contributed by atoms with Gasteiger partial charge in [-0.3, -0.25) is 0 Å². The number of rotatable bonds is 2. The molecule has 0 spiro atoms. The number of nitrogens with one attached hydrogen (secondary N) is 1. The molecule has 0 amide bonds. The smallest absolute Gasteiger partial charge is 0.361 e. The molecule has 0 atom stereocenters. The van der Waals surface area contributed by atoms with E-state index in [9.17, 15) is 0 Å². The van der Waals surface area contributed by atoms with Crippen molar-refractivity contribution in [1.29, 1.82) is 10.8 Å². The summed E-state index contributed by atoms with van der Waals surface area (Å²) >= 11 is 0. The normalized spacial score (nSPS) is 9.53. The maximum atomic E-state index is 8.60. The molecular formula is C9H5N5O. The van der Waals surface area contributed by atoms with Gasteiger partial charge in [-0.05, 0) is 24.3 Å². The van der Waals surface area contributed by atoms with Gasteiger partial charge in [0, 0.05) is 5.56 Å². The van der Waals surface area contributed by atoms with Gasteiger partial charge in [-0.2, -0.15) is 10.8 Å². The number of hydrogen-bond acceptors (Lipinski definition) is 6. The minimum Gasteiger partial charge on any atom is -0.401 e. The van der Waals surface area contributed by atoms with Gasteiger partial charge >= 0.3 is 6.01 Å². The SMILES string of the molecule is N#Cc1ccc(-c2nnc(N=N)o2)cc1. The molecule has 15 heavy (non-hydrogen) atoms. The molecule has 0 aliphatic rings. The molecule has 1 aromatic carbocycles. The molecule has 1 aromatic heterocycles. The summed E-state index contributed by atoms with van der Waals surface area (Å²) < 4.78 is 5.03. The lowest BCUT2D eigenvalue weighted by molar-refractivity contribution is 0.570. The van der Waals surface area contributed by atoms with Crippen LogP contribution < -0.4 is 0 Å². The summed E-state index contributed by atoms with van der Waals surface area (Å²) in [5, 5.41) is 18.8. The van der Waals surface area contributed by atoms with E-state index in [-0.39, 0.29) is 11.9 Å². The molecule has 0 aliphatic heterocycles. The summed E-state index contributed by atoms with van der Waals surface area (Å²) in [6, 6.07) is 8.61. The predicted molar refractivity (Wildman–Crippen MR) is 49.3 cm³/mol. The molecule has 0 fully saturated rings. The zero-order valence-electron chi connectivity index (χ0n) is 7.51. The Bertz CT molecular complexity index is 522. The van der Waals surface area contributed by atoms with Crippen molar-refractivity contribution in [1.82, 2.24) is 10.2 Å². The van der Waals surface area contributed by atoms with Crippen molar-refractivity contribution < 1.29 is 4.42 Å². The fourth-order valence-corrected chi connectivity index (χ4v) is 1.06. The molecule has 2 aromatic rings. The van der Waals surface area contributed by atoms with Gasteiger partial charge in [-0.1, -0.05) is 10.2 Å². The molecule has 0 unspecified atom stereocenters. The van der Waals surface area contributed by atoms with Gasteiger partial charge in [0.2, 0.25) is 5.89 Å². The van der Waals surface area contributed by atoms with Crippen LogP contribution in [0.25, 0.3) is 11.5 Å². The Hall–Kier alpha value is -2.55. The Kier molecular flexibility index (Phi) is 2.21. The van der Waals surface area contributed by atoms with Crippen LogP contribution in [0.15, 0.2) is 33.8 Å². The van der Waals surface area contributed by atoms with Crippen LogP contribution in [0.1, 0.15) is 5.56 Å². The van der Waals surface area contributed by atoms with Crippen molar-refractivity contribution in [2.24, 2.45) is 5.11 Å². The van der Waals surface area contributed by atoms with E-state index in [4.69, 9.17) is 15.2 Å². The van der Waals surface area contributed by atoms with Crippen LogP contribution >= 0.6 is 0 Å². The van der Waals surface area contributed by atoms with Crippen LogP contribution in [-0.2, 0) is 0 Å². The first-order valence-electron chi connectivity index (χ1n) is 4.05. The van der Waals surface area contributed by atoms with E-state index in [1.54, 1.807) is 24.3 Å². The third kappa shape index (κ3) is 1.71. The number of benzene rings is 1. The van der Waals surface area contributed by atoms with Gasteiger partial charge in [0.1, 0.15) is 0 Å². The van der Waals surface area contributed by atoms with Gasteiger partial charge in [0.25, 0.3) is 0 Å². The topological polar surface area (TPSA) is 98.9 Å². The molecule has 1 N–H and O–H groups in total. The first-order valence-corrected chi connectivity index (χ1v) is 4.05. The van der Waals surface area contributed by atoms with E-state index in [1.165, 1.54) is 0 Å². The minimum atomic E-state index is -0.0886. The van der Waals surface area contributed by atoms with Crippen LogP contribution in [0, 0.1) is 16.9 Å². The van der Waals surface area contributed by atoms with E-state index in [1.807, 2.05) is 6.07 Å². The molecule has 6 nitrogen and oxygen atoms in total. The van der Waals surface area contributed by atoms with Crippen LogP contribution in [0.3, 0.4) is 0 Å². The lowest BCUT2D eigenvalue weighted by Gasteiger charge is -1.92. The largest absolute Gasteiger partial charge is 0.401 e. The zero-order chi connectivity index (χ0) is 10.7. The highest BCUT2D eigenvalue weighted by Crippen LogP contribution is 2.20. The Balaban J connectivity index is 2.37. The highest BCUT2D eigenvalue weighted by atomic mass is 16.4. The van der Waals surface area contributed by atoms with Gasteiger partial charge in [0.05, 0.1) is 11.6 Å². The van der Waals surface area contributed by atoms with Crippen molar-refractivity contribution in [3.05, 3.63) is 29.8 Å². The molecule has 0 saturated heterocycles. The van der Waals surface area contributed by atoms with Crippen molar-refractivity contribution in [2.45, 2.75) is 0 Å². The molecule has 0 radical (unpaired) electrons. The summed E-state index contributed by atoms with van der Waals surface area (Å²) in [6.45, 7) is 0. The number of hydrogen-bond donors (Lipinski definition) is 1. The van der Waals surface area contributed by atoms with E-state index in [2.05, 4.69) is 15.3 Å². The van der Waals surface area contributed by atoms with Crippen molar-refractivity contribution >= 4 is 6.01 Å². The van der Waals surface area contributed by atoms with Crippen LogP contribution in [0.4, 0.5) is 6.01 Å². The molecule has 6 heteroatoms. The lowest BCUT2D eigenvalue weighted by Crippen LogP contribution is -1.78. The third-order valence-corrected chi connectivity index (χ3v) is 1.77. The van der Waals surface area contributed by atoms with Crippen molar-refractivity contribution in [3.63, 3.8) is 0 Å². The van der Waals surface area contributed by atoms with Gasteiger partial charge < -0.3 is 4.42 Å². The Morgan fingerprint density at radius 2 is 2.00 bits per heavy atom. The Morgan fingerprint density at radius 3 is 2.53 bits per heavy atom. The molecule has 0 bridgehead atoms. The molecule has 1 heterocycles. The number of aromatic nitrogens is 2. The summed E-state index contributed by atoms with van der Waals surface area (Å²) in [4.78, 5) is 0. The Morgan fingerprint density at radius 1 is 1.27 bits per heavy atom. The second-order valence-corrected chi connectivity index (χ2v) is 2.69. The number of nitriles is 1. The van der Waals surface area contributed by atoms with Crippen LogP contribution in [0.2, 0.25) is 0 Å². The van der Waals surface area contributed by atoms with Gasteiger partial charge in [0.15, 0.2) is 0 Å². The second-order valence-electron chi connectivity index (χ2n) is 2.69. The highest BCUT2D eigenvalue weighted by molar-refractivity contribution is 5.54. The molecule has 72 valence electrons. The average Bonchev–Trinajstić information content (AvgIpc) is 2.78. The monoisotopic (exact) mass is 199 g/mol. The fraction of sp³-hybridized carbons (Fsp3) is 0. The summed E-state index contributed by atoms with van der Waals surface area (Å²) in [7, 11) is 0. The highest BCUT2D eigenvalue weighted by Gasteiger charge is 2.06. The summed E-state index contributed by atoms with van der Waals surface area (Å²) in [5.41, 5.74) is 7.92. The fourth-order valence-electron chi connectivity index (χ4n) is 1.06. The van der Waals surface area contributed by atoms with E-state index in [0.717, 1.165) is 0 Å². The quantitative estimate of drug-likeness (QED) is 0.749. The maximum Gasteiger partial charge on any atom is 0.361 e. The first-order chi connectivity index (χ1) is 7.33. The third-order valence-electron chi connectivity index (χ3n) is 1.77. The number of nitrogens with zero attached hydrogens (tertiary/aromatic N) is 4. The lowest BCUT2D eigenvalue weighted by atomic mass is 10.1. The molecule has 0 aliphatic carbocycles. The zero-order valence-corrected chi connectivity index (χ0v) is 7.51. The Labute approximate surface area is 84.7 Å². The standard InChI is InChI=1S/C9H5N5O/c10-5-6-1-3-7(4-2-6)8-13-14-9(12-11)15-8/h1-4,11H. The summed E-state index contributed by atoms with van der Waals surface area (Å²) in [6.07, 6.45) is 0. The first kappa shape index (κ1) is 9.02. The minimum absolute atomic E-state index is 0.0886. The van der Waals surface area contributed by atoms with Crippen molar-refractivity contribution in [3.8, 4) is 17.5 Å². The van der Waals surface area contributed by atoms with E-state index in [0.29, 0.717) is 11.1 Å². The van der Waals surface area contributed by atoms with E-state index < -0.39 is 0 Å². The van der Waals surface area contributed by atoms with Crippen molar-refractivity contribution in [2.75, 3.05) is 0 Å². The second kappa shape index (κ2) is 3.67. The molecule has 0 saturated carbocycles. The van der Waals surface area contributed by atoms with Gasteiger partial charge in [-0.15, -0.1) is 5.10 Å². The molecule has 2 rings (SSSR count). The predicted octanol–water partition coefficient (Wildman–Crippen LogP) is 2.27. The van der Waals surface area contributed by atoms with Crippen LogP contribution in [-0.4, -0.2) is 10.2 Å². The average molecular weight is 199 g/mol. The molecular weight excluding hydrogens is 194 g/mol. The van der Waals surface area contributed by atoms with E-state index >= 15 is 0 Å².